The molecule has 2 aromatic carbocycles. The Morgan fingerprint density at radius 1 is 1.04 bits per heavy atom. The largest absolute Gasteiger partial charge is 0.422 e. The molecule has 0 spiro atoms. The molecule has 5 nitrogen and oxygen atoms in total. The fourth-order valence-electron chi connectivity index (χ4n) is 3.07. The van der Waals surface area contributed by atoms with Crippen molar-refractivity contribution < 1.29 is 17.2 Å². The Morgan fingerprint density at radius 2 is 1.80 bits per heavy atom. The molecule has 1 aromatic heterocycles. The average Bonchev–Trinajstić information content (AvgIpc) is 2.61. The second-order valence-corrected chi connectivity index (χ2v) is 7.84. The number of hydrogen-bond donors (Lipinski definition) is 0. The summed E-state index contributed by atoms with van der Waals surface area (Å²) in [4.78, 5) is 11.7. The van der Waals surface area contributed by atoms with E-state index in [0.717, 1.165) is 23.3 Å². The molecule has 0 aliphatic carbocycles. The molecule has 1 aliphatic rings. The third-order valence-corrected chi connectivity index (χ3v) is 6.21. The van der Waals surface area contributed by atoms with Gasteiger partial charge in [-0.15, -0.1) is 0 Å². The van der Waals surface area contributed by atoms with E-state index in [2.05, 4.69) is 0 Å². The van der Waals surface area contributed by atoms with Crippen LogP contribution in [-0.2, 0) is 23.0 Å². The molecular weight excluding hydrogens is 345 g/mol. The highest BCUT2D eigenvalue weighted by Crippen LogP contribution is 2.25. The summed E-state index contributed by atoms with van der Waals surface area (Å²) in [5.41, 5.74) is 1.21. The first-order valence-corrected chi connectivity index (χ1v) is 9.19. The van der Waals surface area contributed by atoms with Crippen molar-refractivity contribution >= 4 is 21.0 Å². The molecule has 0 radical (unpaired) electrons. The lowest BCUT2D eigenvalue weighted by molar-refractivity contribution is 0.388. The first-order chi connectivity index (χ1) is 11.9. The van der Waals surface area contributed by atoms with Gasteiger partial charge in [0, 0.05) is 18.5 Å². The number of halogens is 1. The van der Waals surface area contributed by atoms with E-state index in [1.165, 1.54) is 16.4 Å². The van der Waals surface area contributed by atoms with E-state index in [9.17, 15) is 17.6 Å². The number of benzene rings is 2. The Labute approximate surface area is 143 Å². The van der Waals surface area contributed by atoms with Gasteiger partial charge in [-0.05, 0) is 41.8 Å². The predicted octanol–water partition coefficient (Wildman–Crippen LogP) is 2.68. The molecule has 7 heteroatoms. The van der Waals surface area contributed by atoms with Crippen LogP contribution in [0, 0.1) is 5.82 Å². The highest BCUT2D eigenvalue weighted by Gasteiger charge is 2.31. The van der Waals surface area contributed by atoms with E-state index < -0.39 is 26.4 Å². The molecule has 25 heavy (non-hydrogen) atoms. The third-order valence-electron chi connectivity index (χ3n) is 4.38. The minimum atomic E-state index is -4.04. The zero-order valence-electron chi connectivity index (χ0n) is 13.1. The smallest absolute Gasteiger partial charge is 0.356 e. The van der Waals surface area contributed by atoms with Crippen LogP contribution in [0.5, 0.6) is 0 Å². The van der Waals surface area contributed by atoms with E-state index in [1.54, 1.807) is 0 Å². The maximum atomic E-state index is 13.4. The van der Waals surface area contributed by atoms with Gasteiger partial charge < -0.3 is 4.42 Å². The molecule has 0 amide bonds. The fraction of sp³-hybridized carbons (Fsp3) is 0.167. The Kier molecular flexibility index (Phi) is 3.70. The second-order valence-electron chi connectivity index (χ2n) is 5.94. The van der Waals surface area contributed by atoms with Gasteiger partial charge in [-0.3, -0.25) is 0 Å². The van der Waals surface area contributed by atoms with Crippen LogP contribution in [-0.4, -0.2) is 19.3 Å². The highest BCUT2D eigenvalue weighted by atomic mass is 32.2. The van der Waals surface area contributed by atoms with Crippen LogP contribution in [0.25, 0.3) is 11.0 Å². The molecule has 128 valence electrons. The van der Waals surface area contributed by atoms with E-state index in [4.69, 9.17) is 4.42 Å². The maximum absolute atomic E-state index is 13.4. The first-order valence-electron chi connectivity index (χ1n) is 7.75. The first kappa shape index (κ1) is 16.0. The lowest BCUT2D eigenvalue weighted by Crippen LogP contribution is -2.37. The van der Waals surface area contributed by atoms with Gasteiger partial charge >= 0.3 is 5.63 Å². The minimum absolute atomic E-state index is 0.148. The monoisotopic (exact) mass is 359 g/mol. The van der Waals surface area contributed by atoms with Gasteiger partial charge in [0.2, 0.25) is 0 Å². The third kappa shape index (κ3) is 2.75. The summed E-state index contributed by atoms with van der Waals surface area (Å²) in [6, 6.07) is 12.4. The van der Waals surface area contributed by atoms with Crippen molar-refractivity contribution in [2.75, 3.05) is 6.54 Å². The summed E-state index contributed by atoms with van der Waals surface area (Å²) in [7, 11) is -4.04. The van der Waals surface area contributed by atoms with E-state index in [0.29, 0.717) is 6.42 Å². The van der Waals surface area contributed by atoms with Crippen molar-refractivity contribution in [1.29, 1.82) is 0 Å². The van der Waals surface area contributed by atoms with Crippen LogP contribution in [0.15, 0.2) is 62.6 Å². The SMILES string of the molecule is O=c1oc2ccc(F)cc2cc1S(=O)(=O)N1CCc2ccccc2C1. The van der Waals surface area contributed by atoms with E-state index in [1.807, 2.05) is 24.3 Å². The van der Waals surface area contributed by atoms with Crippen LogP contribution in [0.4, 0.5) is 4.39 Å². The number of nitrogens with zero attached hydrogens (tertiary/aromatic N) is 1. The summed E-state index contributed by atoms with van der Waals surface area (Å²) >= 11 is 0. The lowest BCUT2D eigenvalue weighted by Gasteiger charge is -2.27. The molecule has 0 bridgehead atoms. The molecule has 0 unspecified atom stereocenters. The van der Waals surface area contributed by atoms with Gasteiger partial charge in [0.25, 0.3) is 10.0 Å². The van der Waals surface area contributed by atoms with Gasteiger partial charge in [-0.1, -0.05) is 24.3 Å². The molecule has 0 saturated carbocycles. The summed E-state index contributed by atoms with van der Waals surface area (Å²) in [6.07, 6.45) is 0.572. The molecule has 0 N–H and O–H groups in total. The number of rotatable bonds is 2. The molecule has 4 rings (SSSR count). The second kappa shape index (κ2) is 5.79. The Morgan fingerprint density at radius 3 is 2.60 bits per heavy atom. The van der Waals surface area contributed by atoms with Crippen molar-refractivity contribution in [3.63, 3.8) is 0 Å². The molecule has 3 aromatic rings. The number of hydrogen-bond acceptors (Lipinski definition) is 4. The van der Waals surface area contributed by atoms with Crippen molar-refractivity contribution in [2.24, 2.45) is 0 Å². The van der Waals surface area contributed by atoms with Crippen LogP contribution in [0.1, 0.15) is 11.1 Å². The van der Waals surface area contributed by atoms with Crippen molar-refractivity contribution in [2.45, 2.75) is 17.9 Å². The summed E-state index contributed by atoms with van der Waals surface area (Å²) in [6.45, 7) is 0.471. The van der Waals surface area contributed by atoms with Crippen LogP contribution in [0.2, 0.25) is 0 Å². The minimum Gasteiger partial charge on any atom is -0.422 e. The molecular formula is C18H14FNO4S. The van der Waals surface area contributed by atoms with Crippen LogP contribution in [0.3, 0.4) is 0 Å². The normalized spacial score (nSPS) is 15.2. The topological polar surface area (TPSA) is 67.6 Å². The number of sulfonamides is 1. The van der Waals surface area contributed by atoms with Crippen molar-refractivity contribution in [3.05, 3.63) is 75.9 Å². The summed E-state index contributed by atoms with van der Waals surface area (Å²) in [5.74, 6) is -0.531. The predicted molar refractivity (Wildman–Crippen MR) is 90.2 cm³/mol. The van der Waals surface area contributed by atoms with Gasteiger partial charge in [0.1, 0.15) is 11.4 Å². The maximum Gasteiger partial charge on any atom is 0.356 e. The average molecular weight is 359 g/mol. The summed E-state index contributed by atoms with van der Waals surface area (Å²) in [5, 5.41) is 0.232. The Balaban J connectivity index is 1.79. The highest BCUT2D eigenvalue weighted by molar-refractivity contribution is 7.89. The number of fused-ring (bicyclic) bond motifs is 2. The molecule has 1 aliphatic heterocycles. The zero-order chi connectivity index (χ0) is 17.6. The van der Waals surface area contributed by atoms with E-state index in [-0.39, 0.29) is 24.1 Å². The Bertz CT molecular complexity index is 1140. The van der Waals surface area contributed by atoms with Gasteiger partial charge in [-0.25, -0.2) is 17.6 Å². The van der Waals surface area contributed by atoms with Crippen LogP contribution >= 0.6 is 0 Å². The molecule has 2 heterocycles. The van der Waals surface area contributed by atoms with Gasteiger partial charge in [0.15, 0.2) is 4.90 Å². The van der Waals surface area contributed by atoms with Gasteiger partial charge in [-0.2, -0.15) is 4.31 Å². The lowest BCUT2D eigenvalue weighted by atomic mass is 10.0. The molecule has 0 atom stereocenters. The van der Waals surface area contributed by atoms with E-state index >= 15 is 0 Å². The molecule has 0 saturated heterocycles. The van der Waals surface area contributed by atoms with Gasteiger partial charge in [0.05, 0.1) is 0 Å². The van der Waals surface area contributed by atoms with Crippen molar-refractivity contribution in [1.82, 2.24) is 4.31 Å². The van der Waals surface area contributed by atoms with Crippen LogP contribution < -0.4 is 5.63 Å². The summed E-state index contributed by atoms with van der Waals surface area (Å²) < 4.78 is 45.6. The zero-order valence-corrected chi connectivity index (χ0v) is 13.9. The quantitative estimate of drug-likeness (QED) is 0.660. The molecule has 0 fully saturated rings. The standard InChI is InChI=1S/C18H14FNO4S/c19-15-5-6-16-14(9-15)10-17(18(21)24-16)25(22,23)20-8-7-12-3-1-2-4-13(12)11-20/h1-6,9-10H,7-8,11H2. The Hall–Kier alpha value is -2.51. The fourth-order valence-corrected chi connectivity index (χ4v) is 4.52. The van der Waals surface area contributed by atoms with Crippen molar-refractivity contribution in [3.8, 4) is 0 Å².